The van der Waals surface area contributed by atoms with Crippen molar-refractivity contribution in [3.63, 3.8) is 0 Å². The quantitative estimate of drug-likeness (QED) is 0.745. The molecule has 19 heavy (non-hydrogen) atoms. The molecular weight excluding hydrogens is 282 g/mol. The van der Waals surface area contributed by atoms with E-state index in [1.54, 1.807) is 0 Å². The summed E-state index contributed by atoms with van der Waals surface area (Å²) in [5, 5.41) is 17.8. The number of carboxylic acids is 1. The molecule has 0 aliphatic rings. The molecule has 0 aliphatic heterocycles. The van der Waals surface area contributed by atoms with Crippen LogP contribution in [-0.4, -0.2) is 40.1 Å². The van der Waals surface area contributed by atoms with Crippen molar-refractivity contribution in [1.29, 1.82) is 0 Å². The van der Waals surface area contributed by atoms with Gasteiger partial charge >= 0.3 is 5.97 Å². The Kier molecular flexibility index (Phi) is 6.57. The van der Waals surface area contributed by atoms with Crippen molar-refractivity contribution in [3.8, 4) is 0 Å². The van der Waals surface area contributed by atoms with Gasteiger partial charge in [0.05, 0.1) is 5.75 Å². The second-order valence-electron chi connectivity index (χ2n) is 5.23. The molecule has 1 aromatic heterocycles. The second kappa shape index (κ2) is 7.69. The van der Waals surface area contributed by atoms with Gasteiger partial charge in [-0.15, -0.1) is 10.2 Å². The molecule has 0 saturated carbocycles. The number of hydrogen-bond acceptors (Lipinski definition) is 6. The van der Waals surface area contributed by atoms with E-state index in [2.05, 4.69) is 42.8 Å². The maximum Gasteiger partial charge on any atom is 0.313 e. The van der Waals surface area contributed by atoms with Crippen LogP contribution < -0.4 is 4.90 Å². The first-order chi connectivity index (χ1) is 8.88. The van der Waals surface area contributed by atoms with Crippen molar-refractivity contribution in [2.24, 2.45) is 11.8 Å². The number of rotatable bonds is 8. The van der Waals surface area contributed by atoms with Gasteiger partial charge in [-0.05, 0) is 11.8 Å². The van der Waals surface area contributed by atoms with Crippen molar-refractivity contribution in [2.45, 2.75) is 32.0 Å². The average molecular weight is 303 g/mol. The van der Waals surface area contributed by atoms with Crippen molar-refractivity contribution in [3.05, 3.63) is 0 Å². The van der Waals surface area contributed by atoms with Crippen LogP contribution in [-0.2, 0) is 4.79 Å². The van der Waals surface area contributed by atoms with Gasteiger partial charge in [0.25, 0.3) is 0 Å². The first kappa shape index (κ1) is 16.2. The number of thioether (sulfide) groups is 1. The van der Waals surface area contributed by atoms with E-state index in [-0.39, 0.29) is 5.75 Å². The summed E-state index contributed by atoms with van der Waals surface area (Å²) in [5.74, 6) is 0.307. The lowest BCUT2D eigenvalue weighted by Gasteiger charge is -2.25. The summed E-state index contributed by atoms with van der Waals surface area (Å²) >= 11 is 2.69. The molecular formula is C12H21N3O2S2. The minimum atomic E-state index is -0.831. The normalized spacial score (nSPS) is 11.3. The summed E-state index contributed by atoms with van der Waals surface area (Å²) in [5.41, 5.74) is 0. The van der Waals surface area contributed by atoms with Crippen LogP contribution in [0, 0.1) is 11.8 Å². The molecule has 0 aliphatic carbocycles. The number of anilines is 1. The maximum absolute atomic E-state index is 10.5. The highest BCUT2D eigenvalue weighted by Crippen LogP contribution is 2.28. The number of carbonyl (C=O) groups is 1. The zero-order valence-electron chi connectivity index (χ0n) is 11.8. The molecule has 0 saturated heterocycles. The monoisotopic (exact) mass is 303 g/mol. The molecule has 0 radical (unpaired) electrons. The van der Waals surface area contributed by atoms with Gasteiger partial charge in [-0.1, -0.05) is 50.8 Å². The third-order valence-electron chi connectivity index (χ3n) is 2.16. The third-order valence-corrected chi connectivity index (χ3v) is 4.26. The lowest BCUT2D eigenvalue weighted by atomic mass is 10.1. The fourth-order valence-corrected chi connectivity index (χ4v) is 3.20. The van der Waals surface area contributed by atoms with Crippen molar-refractivity contribution in [1.82, 2.24) is 10.2 Å². The summed E-state index contributed by atoms with van der Waals surface area (Å²) < 4.78 is 0.718. The van der Waals surface area contributed by atoms with E-state index in [1.165, 1.54) is 23.1 Å². The van der Waals surface area contributed by atoms with E-state index >= 15 is 0 Å². The van der Waals surface area contributed by atoms with E-state index in [0.29, 0.717) is 11.8 Å². The standard InChI is InChI=1S/C12H21N3O2S2/c1-8(2)5-15(6-9(3)4)11-13-14-12(19-11)18-7-10(16)17/h8-9H,5-7H2,1-4H3,(H,16,17). The van der Waals surface area contributed by atoms with Gasteiger partial charge in [0, 0.05) is 13.1 Å². The summed E-state index contributed by atoms with van der Waals surface area (Å²) in [6.07, 6.45) is 0. The molecule has 1 rings (SSSR count). The Morgan fingerprint density at radius 3 is 2.32 bits per heavy atom. The lowest BCUT2D eigenvalue weighted by molar-refractivity contribution is -0.133. The van der Waals surface area contributed by atoms with Crippen LogP contribution in [0.1, 0.15) is 27.7 Å². The predicted molar refractivity (Wildman–Crippen MR) is 80.2 cm³/mol. The van der Waals surface area contributed by atoms with E-state index in [4.69, 9.17) is 5.11 Å². The Labute approximate surface area is 122 Å². The number of nitrogens with zero attached hydrogens (tertiary/aromatic N) is 3. The largest absolute Gasteiger partial charge is 0.481 e. The first-order valence-corrected chi connectivity index (χ1v) is 8.11. The minimum absolute atomic E-state index is 0.0307. The van der Waals surface area contributed by atoms with E-state index in [0.717, 1.165) is 22.6 Å². The first-order valence-electron chi connectivity index (χ1n) is 6.31. The lowest BCUT2D eigenvalue weighted by Crippen LogP contribution is -2.31. The van der Waals surface area contributed by atoms with Crippen LogP contribution in [0.2, 0.25) is 0 Å². The summed E-state index contributed by atoms with van der Waals surface area (Å²) in [6.45, 7) is 10.6. The Hall–Kier alpha value is -0.820. The van der Waals surface area contributed by atoms with Crippen molar-refractivity contribution < 1.29 is 9.90 Å². The molecule has 0 fully saturated rings. The summed E-state index contributed by atoms with van der Waals surface area (Å²) in [4.78, 5) is 12.8. The van der Waals surface area contributed by atoms with Gasteiger partial charge in [0.15, 0.2) is 4.34 Å². The highest BCUT2D eigenvalue weighted by molar-refractivity contribution is 8.01. The molecule has 0 unspecified atom stereocenters. The summed E-state index contributed by atoms with van der Waals surface area (Å²) in [7, 11) is 0. The molecule has 1 N–H and O–H groups in total. The molecule has 7 heteroatoms. The van der Waals surface area contributed by atoms with Crippen molar-refractivity contribution in [2.75, 3.05) is 23.7 Å². The van der Waals surface area contributed by atoms with Gasteiger partial charge in [-0.2, -0.15) is 0 Å². The molecule has 0 amide bonds. The highest BCUT2D eigenvalue weighted by atomic mass is 32.2. The highest BCUT2D eigenvalue weighted by Gasteiger charge is 2.16. The third kappa shape index (κ3) is 6.24. The molecule has 1 aromatic rings. The van der Waals surface area contributed by atoms with Gasteiger partial charge < -0.3 is 10.0 Å². The SMILES string of the molecule is CC(C)CN(CC(C)C)c1nnc(SCC(=O)O)s1. The van der Waals surface area contributed by atoms with E-state index in [9.17, 15) is 4.79 Å². The molecule has 0 aromatic carbocycles. The number of aromatic nitrogens is 2. The molecule has 0 bridgehead atoms. The number of carboxylic acid groups (broad SMARTS) is 1. The van der Waals surface area contributed by atoms with Crippen LogP contribution in [0.15, 0.2) is 4.34 Å². The van der Waals surface area contributed by atoms with Crippen LogP contribution in [0.4, 0.5) is 5.13 Å². The topological polar surface area (TPSA) is 66.3 Å². The number of hydrogen-bond donors (Lipinski definition) is 1. The molecule has 5 nitrogen and oxygen atoms in total. The van der Waals surface area contributed by atoms with Gasteiger partial charge in [-0.3, -0.25) is 4.79 Å². The Balaban J connectivity index is 2.70. The predicted octanol–water partition coefficient (Wildman–Crippen LogP) is 2.83. The zero-order valence-corrected chi connectivity index (χ0v) is 13.4. The van der Waals surface area contributed by atoms with Gasteiger partial charge in [0.1, 0.15) is 0 Å². The fourth-order valence-electron chi connectivity index (χ4n) is 1.62. The minimum Gasteiger partial charge on any atom is -0.481 e. The van der Waals surface area contributed by atoms with Crippen LogP contribution in [0.5, 0.6) is 0 Å². The maximum atomic E-state index is 10.5. The molecule has 0 spiro atoms. The smallest absolute Gasteiger partial charge is 0.313 e. The fraction of sp³-hybridized carbons (Fsp3) is 0.750. The van der Waals surface area contributed by atoms with Crippen LogP contribution in [0.3, 0.4) is 0 Å². The van der Waals surface area contributed by atoms with Crippen LogP contribution >= 0.6 is 23.1 Å². The van der Waals surface area contributed by atoms with Crippen LogP contribution in [0.25, 0.3) is 0 Å². The second-order valence-corrected chi connectivity index (χ2v) is 7.40. The summed E-state index contributed by atoms with van der Waals surface area (Å²) in [6, 6.07) is 0. The van der Waals surface area contributed by atoms with E-state index in [1.807, 2.05) is 0 Å². The van der Waals surface area contributed by atoms with E-state index < -0.39 is 5.97 Å². The van der Waals surface area contributed by atoms with Crippen molar-refractivity contribution >= 4 is 34.2 Å². The van der Waals surface area contributed by atoms with Gasteiger partial charge in [0.2, 0.25) is 5.13 Å². The Bertz CT molecular complexity index is 397. The molecule has 0 atom stereocenters. The Morgan fingerprint density at radius 2 is 1.84 bits per heavy atom. The molecule has 1 heterocycles. The zero-order chi connectivity index (χ0) is 14.4. The average Bonchev–Trinajstić information content (AvgIpc) is 2.72. The molecule has 108 valence electrons. The number of aliphatic carboxylic acids is 1. The Morgan fingerprint density at radius 1 is 1.26 bits per heavy atom. The van der Waals surface area contributed by atoms with Gasteiger partial charge in [-0.25, -0.2) is 0 Å².